The van der Waals surface area contributed by atoms with Crippen molar-refractivity contribution in [3.8, 4) is 0 Å². The molecule has 2 rings (SSSR count). The molecule has 0 spiro atoms. The first kappa shape index (κ1) is 15.1. The summed E-state index contributed by atoms with van der Waals surface area (Å²) >= 11 is 0. The molecule has 0 aliphatic carbocycles. The molecule has 0 aromatic carbocycles. The van der Waals surface area contributed by atoms with Gasteiger partial charge in [0.2, 0.25) is 0 Å². The van der Waals surface area contributed by atoms with E-state index in [1.165, 1.54) is 0 Å². The van der Waals surface area contributed by atoms with Crippen LogP contribution in [0.4, 0.5) is 5.82 Å². The van der Waals surface area contributed by atoms with Crippen LogP contribution in [0.5, 0.6) is 0 Å². The average molecular weight is 415 g/mol. The molecule has 1 saturated heterocycles. The maximum atomic E-state index is 4.66. The molecule has 2 heterocycles. The fourth-order valence-corrected chi connectivity index (χ4v) is 1.91. The van der Waals surface area contributed by atoms with Gasteiger partial charge in [-0.05, 0) is 30.7 Å². The van der Waals surface area contributed by atoms with E-state index in [0.29, 0.717) is 0 Å². The molecule has 0 unspecified atom stereocenters. The third-order valence-corrected chi connectivity index (χ3v) is 2.83. The first-order valence-electron chi connectivity index (χ1n) is 5.96. The minimum atomic E-state index is 0. The molecule has 0 saturated carbocycles. The number of nitrogens with zero attached hydrogens (tertiary/aromatic N) is 3. The third-order valence-electron chi connectivity index (χ3n) is 2.83. The Balaban J connectivity index is 0.00000162. The Morgan fingerprint density at radius 1 is 1.44 bits per heavy atom. The van der Waals surface area contributed by atoms with Crippen LogP contribution in [0.2, 0.25) is 0 Å². The van der Waals surface area contributed by atoms with E-state index in [1.807, 2.05) is 12.1 Å². The number of hydrogen-bond acceptors (Lipinski definition) is 2. The SMILES string of the molecule is C=CCCc1cccc(N2CC[N-]CC2=C)n1.[Re]. The van der Waals surface area contributed by atoms with Crippen LogP contribution < -0.4 is 4.90 Å². The number of piperazine rings is 1. The maximum Gasteiger partial charge on any atom is 0.132 e. The fourth-order valence-electron chi connectivity index (χ4n) is 1.91. The topological polar surface area (TPSA) is 30.2 Å². The molecule has 4 heteroatoms. The van der Waals surface area contributed by atoms with Gasteiger partial charge in [0.15, 0.2) is 0 Å². The third kappa shape index (κ3) is 3.78. The summed E-state index contributed by atoms with van der Waals surface area (Å²) in [5.74, 6) is 0.992. The smallest absolute Gasteiger partial charge is 0.132 e. The van der Waals surface area contributed by atoms with Crippen molar-refractivity contribution in [1.82, 2.24) is 4.98 Å². The van der Waals surface area contributed by atoms with Gasteiger partial charge in [-0.15, -0.1) is 19.7 Å². The van der Waals surface area contributed by atoms with Crippen molar-refractivity contribution in [1.29, 1.82) is 0 Å². The van der Waals surface area contributed by atoms with Crippen molar-refractivity contribution in [3.05, 3.63) is 54.1 Å². The van der Waals surface area contributed by atoms with Gasteiger partial charge in [0.05, 0.1) is 0 Å². The first-order valence-corrected chi connectivity index (χ1v) is 5.96. The van der Waals surface area contributed by atoms with Crippen molar-refractivity contribution in [2.45, 2.75) is 12.8 Å². The van der Waals surface area contributed by atoms with Crippen molar-refractivity contribution >= 4 is 5.82 Å². The van der Waals surface area contributed by atoms with E-state index in [0.717, 1.165) is 49.7 Å². The fraction of sp³-hybridized carbons (Fsp3) is 0.357. The van der Waals surface area contributed by atoms with E-state index in [2.05, 4.69) is 40.5 Å². The molecule has 1 radical (unpaired) electrons. The van der Waals surface area contributed by atoms with Crippen LogP contribution in [0.3, 0.4) is 0 Å². The van der Waals surface area contributed by atoms with E-state index in [4.69, 9.17) is 0 Å². The van der Waals surface area contributed by atoms with Gasteiger partial charge in [0.25, 0.3) is 0 Å². The number of rotatable bonds is 4. The predicted molar refractivity (Wildman–Crippen MR) is 72.3 cm³/mol. The second-order valence-corrected chi connectivity index (χ2v) is 4.14. The van der Waals surface area contributed by atoms with Crippen molar-refractivity contribution < 1.29 is 20.4 Å². The van der Waals surface area contributed by atoms with E-state index >= 15 is 0 Å². The van der Waals surface area contributed by atoms with Gasteiger partial charge < -0.3 is 10.2 Å². The molecule has 1 aliphatic heterocycles. The Labute approximate surface area is 123 Å². The van der Waals surface area contributed by atoms with Crippen LogP contribution in [-0.2, 0) is 26.8 Å². The Bertz CT molecular complexity index is 417. The molecular weight excluding hydrogens is 396 g/mol. The quantitative estimate of drug-likeness (QED) is 0.710. The van der Waals surface area contributed by atoms with Gasteiger partial charge in [0.1, 0.15) is 5.82 Å². The van der Waals surface area contributed by atoms with E-state index < -0.39 is 0 Å². The molecule has 0 bridgehead atoms. The summed E-state index contributed by atoms with van der Waals surface area (Å²) in [7, 11) is 0. The van der Waals surface area contributed by atoms with Crippen molar-refractivity contribution in [2.75, 3.05) is 24.5 Å². The molecule has 1 aromatic heterocycles. The molecule has 1 fully saturated rings. The van der Waals surface area contributed by atoms with E-state index in [1.54, 1.807) is 0 Å². The summed E-state index contributed by atoms with van der Waals surface area (Å²) < 4.78 is 0. The summed E-state index contributed by atoms with van der Waals surface area (Å²) in [6.45, 7) is 10.2. The number of aryl methyl sites for hydroxylation is 1. The van der Waals surface area contributed by atoms with Crippen LogP contribution in [0.25, 0.3) is 5.32 Å². The molecule has 3 nitrogen and oxygen atoms in total. The summed E-state index contributed by atoms with van der Waals surface area (Å²) in [5.41, 5.74) is 2.14. The maximum absolute atomic E-state index is 4.66. The van der Waals surface area contributed by atoms with Crippen molar-refractivity contribution in [3.63, 3.8) is 0 Å². The Kier molecular flexibility index (Phi) is 6.28. The minimum Gasteiger partial charge on any atom is -0.656 e. The minimum absolute atomic E-state index is 0. The Hall–Kier alpha value is -0.948. The molecule has 97 valence electrons. The van der Waals surface area contributed by atoms with E-state index in [-0.39, 0.29) is 20.4 Å². The zero-order valence-electron chi connectivity index (χ0n) is 10.5. The Morgan fingerprint density at radius 3 is 3.00 bits per heavy atom. The average Bonchev–Trinajstić information content (AvgIpc) is 2.37. The molecule has 18 heavy (non-hydrogen) atoms. The number of aromatic nitrogens is 1. The predicted octanol–water partition coefficient (Wildman–Crippen LogP) is 2.91. The van der Waals surface area contributed by atoms with Gasteiger partial charge in [-0.3, -0.25) is 0 Å². The number of anilines is 1. The molecule has 1 aliphatic rings. The molecule has 1 aromatic rings. The van der Waals surface area contributed by atoms with Gasteiger partial charge in [0, 0.05) is 32.7 Å². The largest absolute Gasteiger partial charge is 0.656 e. The second kappa shape index (κ2) is 7.48. The molecule has 0 atom stereocenters. The van der Waals surface area contributed by atoms with Gasteiger partial charge >= 0.3 is 0 Å². The number of allylic oxidation sites excluding steroid dienone is 1. The van der Waals surface area contributed by atoms with Gasteiger partial charge in [-0.1, -0.05) is 18.7 Å². The Morgan fingerprint density at radius 2 is 2.28 bits per heavy atom. The monoisotopic (exact) mass is 415 g/mol. The molecule has 0 amide bonds. The normalized spacial score (nSPS) is 15.1. The summed E-state index contributed by atoms with van der Waals surface area (Å²) in [4.78, 5) is 6.82. The van der Waals surface area contributed by atoms with E-state index in [9.17, 15) is 0 Å². The summed E-state index contributed by atoms with van der Waals surface area (Å²) in [5, 5.41) is 4.32. The van der Waals surface area contributed by atoms with Crippen molar-refractivity contribution in [2.24, 2.45) is 0 Å². The van der Waals surface area contributed by atoms with Crippen LogP contribution in [0.15, 0.2) is 43.1 Å². The second-order valence-electron chi connectivity index (χ2n) is 4.14. The van der Waals surface area contributed by atoms with Crippen LogP contribution >= 0.6 is 0 Å². The van der Waals surface area contributed by atoms with Crippen LogP contribution in [-0.4, -0.2) is 24.6 Å². The zero-order valence-corrected chi connectivity index (χ0v) is 13.2. The number of hydrogen-bond donors (Lipinski definition) is 0. The molecular formula is C14H18N3Re-. The zero-order chi connectivity index (χ0) is 12.1. The van der Waals surface area contributed by atoms with Gasteiger partial charge in [-0.2, -0.15) is 0 Å². The summed E-state index contributed by atoms with van der Waals surface area (Å²) in [6.07, 6.45) is 3.84. The van der Waals surface area contributed by atoms with Crippen LogP contribution in [0.1, 0.15) is 12.1 Å². The van der Waals surface area contributed by atoms with Gasteiger partial charge in [-0.25, -0.2) is 4.98 Å². The number of pyridine rings is 1. The standard InChI is InChI=1S/C14H18N3.Re/c1-3-4-6-13-7-5-8-14(16-13)17-10-9-15-11-12(17)2;/h3,5,7-8H,1-2,4,6,9-11H2;/q-1;. The first-order chi connectivity index (χ1) is 8.31. The van der Waals surface area contributed by atoms with Crippen LogP contribution in [0, 0.1) is 0 Å². The summed E-state index contributed by atoms with van der Waals surface area (Å²) in [6, 6.07) is 6.15. The molecule has 0 N–H and O–H groups in total.